The summed E-state index contributed by atoms with van der Waals surface area (Å²) in [5, 5.41) is 0. The zero-order chi connectivity index (χ0) is 18.6. The van der Waals surface area contributed by atoms with E-state index in [4.69, 9.17) is 4.99 Å². The van der Waals surface area contributed by atoms with Gasteiger partial charge in [0, 0.05) is 6.21 Å². The molecule has 2 heteroatoms. The molecule has 0 heterocycles. The van der Waals surface area contributed by atoms with Crippen LogP contribution in [0, 0.1) is 0 Å². The number of benzene rings is 2. The van der Waals surface area contributed by atoms with E-state index >= 15 is 0 Å². The molecular weight excluding hydrogens is 316 g/mol. The molecule has 0 atom stereocenters. The lowest BCUT2D eigenvalue weighted by atomic mass is 9.99. The topological polar surface area (TPSA) is 24.7 Å². The Morgan fingerprint density at radius 1 is 0.808 bits per heavy atom. The molecule has 0 radical (unpaired) electrons. The SMILES string of the molecule is CCCCC(C=Nc1ccccc1)=Nc1ccc(CCC)c(CCC)c1. The predicted octanol–water partition coefficient (Wildman–Crippen LogP) is 7.26. The fraction of sp³-hybridized carbons (Fsp3) is 0.417. The van der Waals surface area contributed by atoms with Crippen LogP contribution in [-0.4, -0.2) is 11.9 Å². The number of hydrogen-bond donors (Lipinski definition) is 0. The van der Waals surface area contributed by atoms with Crippen LogP contribution in [-0.2, 0) is 12.8 Å². The van der Waals surface area contributed by atoms with Gasteiger partial charge in [-0.1, -0.05) is 64.3 Å². The molecular formula is C24H32N2. The molecule has 0 N–H and O–H groups in total. The fourth-order valence-corrected chi connectivity index (χ4v) is 3.03. The Morgan fingerprint density at radius 2 is 1.54 bits per heavy atom. The van der Waals surface area contributed by atoms with E-state index in [9.17, 15) is 0 Å². The van der Waals surface area contributed by atoms with E-state index in [-0.39, 0.29) is 0 Å². The minimum absolute atomic E-state index is 0.965. The maximum absolute atomic E-state index is 4.92. The molecule has 2 rings (SSSR count). The van der Waals surface area contributed by atoms with E-state index in [2.05, 4.69) is 44.0 Å². The van der Waals surface area contributed by atoms with Crippen molar-refractivity contribution < 1.29 is 0 Å². The average Bonchev–Trinajstić information content (AvgIpc) is 2.67. The maximum Gasteiger partial charge on any atom is 0.0636 e. The van der Waals surface area contributed by atoms with E-state index in [1.165, 1.54) is 24.0 Å². The van der Waals surface area contributed by atoms with E-state index in [1.807, 2.05) is 36.5 Å². The van der Waals surface area contributed by atoms with Crippen molar-refractivity contribution in [2.45, 2.75) is 65.7 Å². The van der Waals surface area contributed by atoms with Gasteiger partial charge in [-0.15, -0.1) is 0 Å². The number of nitrogens with zero attached hydrogens (tertiary/aromatic N) is 2. The number of unbranched alkanes of at least 4 members (excludes halogenated alkanes) is 1. The van der Waals surface area contributed by atoms with Gasteiger partial charge in [0.05, 0.1) is 17.1 Å². The summed E-state index contributed by atoms with van der Waals surface area (Å²) in [4.78, 5) is 9.53. The van der Waals surface area contributed by atoms with Crippen LogP contribution >= 0.6 is 0 Å². The molecule has 0 aliphatic rings. The van der Waals surface area contributed by atoms with Gasteiger partial charge in [0.2, 0.25) is 0 Å². The first kappa shape index (κ1) is 20.1. The fourth-order valence-electron chi connectivity index (χ4n) is 3.03. The first-order valence-electron chi connectivity index (χ1n) is 10.0. The van der Waals surface area contributed by atoms with Crippen molar-refractivity contribution in [1.82, 2.24) is 0 Å². The predicted molar refractivity (Wildman–Crippen MR) is 116 cm³/mol. The number of aryl methyl sites for hydroxylation is 2. The zero-order valence-electron chi connectivity index (χ0n) is 16.5. The third-order valence-corrected chi connectivity index (χ3v) is 4.41. The molecule has 0 aliphatic heterocycles. The second-order valence-electron chi connectivity index (χ2n) is 6.75. The van der Waals surface area contributed by atoms with E-state index < -0.39 is 0 Å². The Hall–Kier alpha value is -2.22. The van der Waals surface area contributed by atoms with Crippen molar-refractivity contribution in [2.24, 2.45) is 9.98 Å². The highest BCUT2D eigenvalue weighted by Gasteiger charge is 2.04. The summed E-state index contributed by atoms with van der Waals surface area (Å²) in [7, 11) is 0. The van der Waals surface area contributed by atoms with Crippen LogP contribution in [0.3, 0.4) is 0 Å². The van der Waals surface area contributed by atoms with Crippen LogP contribution in [0.1, 0.15) is 64.0 Å². The Kier molecular flexibility index (Phi) is 8.82. The van der Waals surface area contributed by atoms with Crippen LogP contribution < -0.4 is 0 Å². The largest absolute Gasteiger partial charge is 0.255 e. The highest BCUT2D eigenvalue weighted by atomic mass is 14.8. The molecule has 0 saturated heterocycles. The molecule has 2 nitrogen and oxygen atoms in total. The standard InChI is InChI=1S/C24H32N2/c1-4-7-13-24(19-25-22-14-9-8-10-15-22)26-23-17-16-20(11-5-2)21(18-23)12-6-3/h8-10,14-19H,4-7,11-13H2,1-3H3. The molecule has 0 aliphatic carbocycles. The Balaban J connectivity index is 2.27. The minimum Gasteiger partial charge on any atom is -0.255 e. The smallest absolute Gasteiger partial charge is 0.0636 e. The van der Waals surface area contributed by atoms with E-state index in [1.54, 1.807) is 0 Å². The van der Waals surface area contributed by atoms with E-state index in [0.29, 0.717) is 0 Å². The lowest BCUT2D eigenvalue weighted by Gasteiger charge is -2.09. The number of hydrogen-bond acceptors (Lipinski definition) is 2. The summed E-state index contributed by atoms with van der Waals surface area (Å²) in [6.07, 6.45) is 9.83. The highest BCUT2D eigenvalue weighted by Crippen LogP contribution is 2.22. The Labute approximate surface area is 159 Å². The van der Waals surface area contributed by atoms with Crippen molar-refractivity contribution in [3.8, 4) is 0 Å². The number of aliphatic imine (C=N–C) groups is 2. The Bertz CT molecular complexity index is 714. The van der Waals surface area contributed by atoms with Gasteiger partial charge in [0.15, 0.2) is 0 Å². The lowest BCUT2D eigenvalue weighted by Crippen LogP contribution is -2.00. The van der Waals surface area contributed by atoms with Gasteiger partial charge in [0.25, 0.3) is 0 Å². The molecule has 0 spiro atoms. The normalized spacial score (nSPS) is 12.0. The first-order valence-corrected chi connectivity index (χ1v) is 10.0. The van der Waals surface area contributed by atoms with Crippen LogP contribution in [0.2, 0.25) is 0 Å². The molecule has 2 aromatic rings. The monoisotopic (exact) mass is 348 g/mol. The zero-order valence-corrected chi connectivity index (χ0v) is 16.5. The summed E-state index contributed by atoms with van der Waals surface area (Å²) < 4.78 is 0. The number of rotatable bonds is 10. The van der Waals surface area contributed by atoms with Crippen LogP contribution in [0.15, 0.2) is 58.5 Å². The highest BCUT2D eigenvalue weighted by molar-refractivity contribution is 6.31. The van der Waals surface area contributed by atoms with Crippen molar-refractivity contribution in [1.29, 1.82) is 0 Å². The number of para-hydroxylation sites is 1. The van der Waals surface area contributed by atoms with Gasteiger partial charge < -0.3 is 0 Å². The average molecular weight is 349 g/mol. The lowest BCUT2D eigenvalue weighted by molar-refractivity contribution is 0.838. The summed E-state index contributed by atoms with van der Waals surface area (Å²) in [6, 6.07) is 16.8. The van der Waals surface area contributed by atoms with Crippen LogP contribution in [0.25, 0.3) is 0 Å². The summed E-state index contributed by atoms with van der Waals surface area (Å²) in [5.41, 5.74) is 6.01. The van der Waals surface area contributed by atoms with Crippen molar-refractivity contribution in [3.63, 3.8) is 0 Å². The molecule has 0 bridgehead atoms. The third-order valence-electron chi connectivity index (χ3n) is 4.41. The van der Waals surface area contributed by atoms with Gasteiger partial charge in [-0.05, 0) is 61.1 Å². The Morgan fingerprint density at radius 3 is 2.23 bits per heavy atom. The summed E-state index contributed by atoms with van der Waals surface area (Å²) >= 11 is 0. The maximum atomic E-state index is 4.92. The van der Waals surface area contributed by atoms with Gasteiger partial charge in [-0.3, -0.25) is 9.98 Å². The van der Waals surface area contributed by atoms with Crippen molar-refractivity contribution >= 4 is 23.3 Å². The second-order valence-corrected chi connectivity index (χ2v) is 6.75. The van der Waals surface area contributed by atoms with Gasteiger partial charge in [0.1, 0.15) is 0 Å². The van der Waals surface area contributed by atoms with Gasteiger partial charge in [-0.25, -0.2) is 0 Å². The molecule has 0 aromatic heterocycles. The minimum atomic E-state index is 0.965. The molecule has 0 unspecified atom stereocenters. The summed E-state index contributed by atoms with van der Waals surface area (Å²) in [6.45, 7) is 6.69. The molecule has 0 saturated carbocycles. The second kappa shape index (κ2) is 11.4. The summed E-state index contributed by atoms with van der Waals surface area (Å²) in [5.74, 6) is 0. The first-order chi connectivity index (χ1) is 12.8. The van der Waals surface area contributed by atoms with Crippen LogP contribution in [0.5, 0.6) is 0 Å². The van der Waals surface area contributed by atoms with Crippen molar-refractivity contribution in [2.75, 3.05) is 0 Å². The molecule has 0 fully saturated rings. The van der Waals surface area contributed by atoms with Gasteiger partial charge in [-0.2, -0.15) is 0 Å². The molecule has 0 amide bonds. The van der Waals surface area contributed by atoms with E-state index in [0.717, 1.165) is 49.2 Å². The van der Waals surface area contributed by atoms with Crippen LogP contribution in [0.4, 0.5) is 11.4 Å². The molecule has 2 aromatic carbocycles. The van der Waals surface area contributed by atoms with Gasteiger partial charge >= 0.3 is 0 Å². The molecule has 138 valence electrons. The molecule has 26 heavy (non-hydrogen) atoms. The van der Waals surface area contributed by atoms with Crippen molar-refractivity contribution in [3.05, 3.63) is 59.7 Å². The quantitative estimate of drug-likeness (QED) is 0.404. The third kappa shape index (κ3) is 6.59.